The van der Waals surface area contributed by atoms with Crippen LogP contribution in [0.5, 0.6) is 0 Å². The van der Waals surface area contributed by atoms with Crippen molar-refractivity contribution in [3.05, 3.63) is 12.1 Å². The molecule has 14 heavy (non-hydrogen) atoms. The average Bonchev–Trinajstić information content (AvgIpc) is 1.93. The molecule has 0 unspecified atom stereocenters. The lowest BCUT2D eigenvalue weighted by atomic mass is 10.2. The first-order chi connectivity index (χ1) is 4.63. The molecule has 86 valence electrons. The van der Waals surface area contributed by atoms with E-state index < -0.39 is 0 Å². The van der Waals surface area contributed by atoms with E-state index in [1.54, 1.807) is 12.1 Å². The second-order valence-corrected chi connectivity index (χ2v) is 2.07. The number of hydrogen-bond acceptors (Lipinski definition) is 4. The van der Waals surface area contributed by atoms with Crippen LogP contribution in [0.15, 0.2) is 12.1 Å². The van der Waals surface area contributed by atoms with Crippen molar-refractivity contribution in [3.63, 3.8) is 0 Å². The number of nitrogens with two attached hydrogens (primary N) is 4. The Morgan fingerprint density at radius 3 is 1.00 bits per heavy atom. The van der Waals surface area contributed by atoms with Gasteiger partial charge in [0, 0.05) is 0 Å². The summed E-state index contributed by atoms with van der Waals surface area (Å²) in [4.78, 5) is 0. The Bertz CT molecular complexity index is 241. The van der Waals surface area contributed by atoms with Gasteiger partial charge in [0.2, 0.25) is 0 Å². The molecule has 8 heteroatoms. The van der Waals surface area contributed by atoms with Gasteiger partial charge in [0.25, 0.3) is 0 Å². The molecule has 0 radical (unpaired) electrons. The predicted octanol–water partition coefficient (Wildman–Crippen LogP) is 1.70. The molecular weight excluding hydrogens is 270 g/mol. The Hall–Kier alpha value is -0.420. The highest BCUT2D eigenvalue weighted by Crippen LogP contribution is 2.27. The molecule has 1 aromatic rings. The molecule has 1 aromatic carbocycles. The molecule has 0 spiro atoms. The summed E-state index contributed by atoms with van der Waals surface area (Å²) in [6.07, 6.45) is 0. The van der Waals surface area contributed by atoms with Gasteiger partial charge in [0.1, 0.15) is 0 Å². The third kappa shape index (κ3) is 4.72. The first-order valence-corrected chi connectivity index (χ1v) is 2.82. The molecule has 1 rings (SSSR count). The van der Waals surface area contributed by atoms with Crippen molar-refractivity contribution >= 4 is 72.4 Å². The fourth-order valence-corrected chi connectivity index (χ4v) is 0.670. The highest BCUT2D eigenvalue weighted by molar-refractivity contribution is 5.86. The van der Waals surface area contributed by atoms with E-state index in [9.17, 15) is 0 Å². The van der Waals surface area contributed by atoms with Gasteiger partial charge in [-0.15, -0.1) is 49.6 Å². The molecular formula is C6H14Cl4N4. The standard InChI is InChI=1S/C6H10N4.4ClH/c7-3-1-2-4(8)6(10)5(3)9;;;;/h1-2H,7-10H2;4*1H. The van der Waals surface area contributed by atoms with Gasteiger partial charge >= 0.3 is 0 Å². The number of nitrogen functional groups attached to an aromatic ring is 4. The minimum absolute atomic E-state index is 0. The number of hydrogen-bond donors (Lipinski definition) is 4. The van der Waals surface area contributed by atoms with Gasteiger partial charge in [0.05, 0.1) is 22.7 Å². The molecule has 0 aromatic heterocycles. The average molecular weight is 284 g/mol. The quantitative estimate of drug-likeness (QED) is 0.544. The van der Waals surface area contributed by atoms with Crippen molar-refractivity contribution in [1.82, 2.24) is 0 Å². The van der Waals surface area contributed by atoms with Crippen molar-refractivity contribution in [3.8, 4) is 0 Å². The number of anilines is 4. The first-order valence-electron chi connectivity index (χ1n) is 2.82. The molecule has 0 aliphatic rings. The van der Waals surface area contributed by atoms with Crippen molar-refractivity contribution in [1.29, 1.82) is 0 Å². The predicted molar refractivity (Wildman–Crippen MR) is 73.1 cm³/mol. The lowest BCUT2D eigenvalue weighted by Gasteiger charge is -2.05. The smallest absolute Gasteiger partial charge is 0.0802 e. The zero-order valence-corrected chi connectivity index (χ0v) is 10.4. The fraction of sp³-hybridized carbons (Fsp3) is 0. The Labute approximate surface area is 107 Å². The summed E-state index contributed by atoms with van der Waals surface area (Å²) in [5, 5.41) is 0. The van der Waals surface area contributed by atoms with Crippen LogP contribution in [0, 0.1) is 0 Å². The van der Waals surface area contributed by atoms with Gasteiger partial charge in [-0.2, -0.15) is 0 Å². The van der Waals surface area contributed by atoms with Crippen molar-refractivity contribution < 1.29 is 0 Å². The summed E-state index contributed by atoms with van der Waals surface area (Å²) < 4.78 is 0. The second kappa shape index (κ2) is 9.15. The molecule has 0 heterocycles. The highest BCUT2D eigenvalue weighted by atomic mass is 35.5. The molecule has 0 amide bonds. The van der Waals surface area contributed by atoms with E-state index in [-0.39, 0.29) is 49.6 Å². The van der Waals surface area contributed by atoms with Crippen LogP contribution in [0.3, 0.4) is 0 Å². The largest absolute Gasteiger partial charge is 0.397 e. The SMILES string of the molecule is Cl.Cl.Cl.Cl.Nc1ccc(N)c(N)c1N. The van der Waals surface area contributed by atoms with Crippen LogP contribution < -0.4 is 22.9 Å². The van der Waals surface area contributed by atoms with Crippen molar-refractivity contribution in [2.75, 3.05) is 22.9 Å². The van der Waals surface area contributed by atoms with E-state index in [1.807, 2.05) is 0 Å². The molecule has 0 fully saturated rings. The van der Waals surface area contributed by atoms with Crippen LogP contribution in [0.4, 0.5) is 22.7 Å². The molecule has 0 aliphatic heterocycles. The van der Waals surface area contributed by atoms with Crippen LogP contribution in [0.25, 0.3) is 0 Å². The maximum atomic E-state index is 5.45. The Kier molecular flexibility index (Phi) is 15.3. The minimum Gasteiger partial charge on any atom is -0.397 e. The van der Waals surface area contributed by atoms with Crippen LogP contribution >= 0.6 is 49.6 Å². The maximum absolute atomic E-state index is 5.45. The van der Waals surface area contributed by atoms with Gasteiger partial charge < -0.3 is 22.9 Å². The van der Waals surface area contributed by atoms with E-state index in [0.717, 1.165) is 0 Å². The minimum atomic E-state index is 0. The fourth-order valence-electron chi connectivity index (χ4n) is 0.670. The van der Waals surface area contributed by atoms with Gasteiger partial charge in [0.15, 0.2) is 0 Å². The monoisotopic (exact) mass is 282 g/mol. The topological polar surface area (TPSA) is 104 Å². The zero-order valence-electron chi connectivity index (χ0n) is 7.10. The van der Waals surface area contributed by atoms with Crippen LogP contribution in [-0.2, 0) is 0 Å². The zero-order chi connectivity index (χ0) is 7.72. The molecule has 0 bridgehead atoms. The van der Waals surface area contributed by atoms with Crippen LogP contribution in [0.1, 0.15) is 0 Å². The Morgan fingerprint density at radius 2 is 0.786 bits per heavy atom. The van der Waals surface area contributed by atoms with Crippen molar-refractivity contribution in [2.24, 2.45) is 0 Å². The lowest BCUT2D eigenvalue weighted by Crippen LogP contribution is -2.02. The van der Waals surface area contributed by atoms with E-state index >= 15 is 0 Å². The number of rotatable bonds is 0. The lowest BCUT2D eigenvalue weighted by molar-refractivity contribution is 1.63. The highest BCUT2D eigenvalue weighted by Gasteiger charge is 2.00. The summed E-state index contributed by atoms with van der Waals surface area (Å²) in [7, 11) is 0. The summed E-state index contributed by atoms with van der Waals surface area (Å²) in [6, 6.07) is 3.25. The van der Waals surface area contributed by atoms with Gasteiger partial charge in [-0.25, -0.2) is 0 Å². The summed E-state index contributed by atoms with van der Waals surface area (Å²) in [5.74, 6) is 0. The van der Waals surface area contributed by atoms with Crippen LogP contribution in [-0.4, -0.2) is 0 Å². The van der Waals surface area contributed by atoms with Gasteiger partial charge in [-0.3, -0.25) is 0 Å². The maximum Gasteiger partial charge on any atom is 0.0802 e. The third-order valence-electron chi connectivity index (χ3n) is 1.35. The molecule has 0 aliphatic carbocycles. The van der Waals surface area contributed by atoms with E-state index in [1.165, 1.54) is 0 Å². The summed E-state index contributed by atoms with van der Waals surface area (Å²) in [5.41, 5.74) is 23.4. The summed E-state index contributed by atoms with van der Waals surface area (Å²) >= 11 is 0. The van der Waals surface area contributed by atoms with Crippen LogP contribution in [0.2, 0.25) is 0 Å². The van der Waals surface area contributed by atoms with E-state index in [4.69, 9.17) is 22.9 Å². The molecule has 4 nitrogen and oxygen atoms in total. The summed E-state index contributed by atoms with van der Waals surface area (Å²) in [6.45, 7) is 0. The Balaban J connectivity index is -0.000000125. The molecule has 8 N–H and O–H groups in total. The van der Waals surface area contributed by atoms with Gasteiger partial charge in [-0.05, 0) is 12.1 Å². The van der Waals surface area contributed by atoms with Crippen molar-refractivity contribution in [2.45, 2.75) is 0 Å². The molecule has 0 saturated carbocycles. The first kappa shape index (κ1) is 23.4. The van der Waals surface area contributed by atoms with E-state index in [0.29, 0.717) is 22.7 Å². The number of halogens is 4. The van der Waals surface area contributed by atoms with Gasteiger partial charge in [-0.1, -0.05) is 0 Å². The Morgan fingerprint density at radius 1 is 0.571 bits per heavy atom. The molecule has 0 saturated heterocycles. The second-order valence-electron chi connectivity index (χ2n) is 2.07. The molecule has 0 atom stereocenters. The normalized spacial score (nSPS) is 6.86. The van der Waals surface area contributed by atoms with E-state index in [2.05, 4.69) is 0 Å². The number of benzene rings is 1. The third-order valence-corrected chi connectivity index (χ3v) is 1.35.